The van der Waals surface area contributed by atoms with Gasteiger partial charge < -0.3 is 0 Å². The lowest BCUT2D eigenvalue weighted by atomic mass is 9.87. The second-order valence-electron chi connectivity index (χ2n) is 6.83. The number of hydrazone groups is 1. The Bertz CT molecular complexity index is 722. The number of nitrogens with zero attached hydrogens (tertiary/aromatic N) is 1. The van der Waals surface area contributed by atoms with Gasteiger partial charge in [-0.05, 0) is 42.5 Å². The lowest BCUT2D eigenvalue weighted by Gasteiger charge is -2.18. The molecule has 0 aliphatic heterocycles. The van der Waals surface area contributed by atoms with Crippen LogP contribution in [0.15, 0.2) is 53.6 Å². The molecule has 0 fully saturated rings. The van der Waals surface area contributed by atoms with E-state index in [1.807, 2.05) is 62.4 Å². The number of amides is 1. The van der Waals surface area contributed by atoms with Gasteiger partial charge in [-0.25, -0.2) is 5.43 Å². The zero-order valence-corrected chi connectivity index (χ0v) is 14.5. The van der Waals surface area contributed by atoms with Crippen LogP contribution in [0.4, 0.5) is 0 Å². The van der Waals surface area contributed by atoms with E-state index in [0.29, 0.717) is 5.56 Å². The monoisotopic (exact) mass is 308 g/mol. The Kier molecular flexibility index (Phi) is 4.99. The van der Waals surface area contributed by atoms with Crippen LogP contribution in [0.5, 0.6) is 0 Å². The first kappa shape index (κ1) is 16.9. The third kappa shape index (κ3) is 4.52. The minimum absolute atomic E-state index is 0.0783. The molecule has 1 N–H and O–H groups in total. The van der Waals surface area contributed by atoms with Gasteiger partial charge in [0, 0.05) is 5.56 Å². The highest BCUT2D eigenvalue weighted by molar-refractivity contribution is 6.00. The molecule has 2 rings (SSSR count). The Balaban J connectivity index is 2.08. The van der Waals surface area contributed by atoms with Crippen molar-refractivity contribution in [1.82, 2.24) is 5.43 Å². The van der Waals surface area contributed by atoms with Gasteiger partial charge in [0.2, 0.25) is 0 Å². The first-order chi connectivity index (χ1) is 10.8. The number of benzene rings is 2. The summed E-state index contributed by atoms with van der Waals surface area (Å²) in [6.45, 7) is 10.4. The second kappa shape index (κ2) is 6.78. The van der Waals surface area contributed by atoms with E-state index in [2.05, 4.69) is 31.3 Å². The van der Waals surface area contributed by atoms with E-state index in [1.165, 1.54) is 11.1 Å². The number of rotatable bonds is 3. The van der Waals surface area contributed by atoms with Crippen LogP contribution in [-0.4, -0.2) is 11.6 Å². The molecule has 2 aromatic carbocycles. The minimum atomic E-state index is -0.197. The van der Waals surface area contributed by atoms with Crippen molar-refractivity contribution in [2.24, 2.45) is 5.10 Å². The molecule has 0 radical (unpaired) electrons. The van der Waals surface area contributed by atoms with E-state index in [0.717, 1.165) is 11.3 Å². The summed E-state index contributed by atoms with van der Waals surface area (Å²) in [6.07, 6.45) is 0. The number of aryl methyl sites for hydroxylation is 1. The Morgan fingerprint density at radius 3 is 2.22 bits per heavy atom. The maximum Gasteiger partial charge on any atom is 0.271 e. The van der Waals surface area contributed by atoms with Crippen molar-refractivity contribution in [2.75, 3.05) is 0 Å². The summed E-state index contributed by atoms with van der Waals surface area (Å²) >= 11 is 0. The predicted molar refractivity (Wildman–Crippen MR) is 96.0 cm³/mol. The predicted octanol–water partition coefficient (Wildman–Crippen LogP) is 4.45. The highest BCUT2D eigenvalue weighted by Gasteiger charge is 2.14. The topological polar surface area (TPSA) is 41.5 Å². The van der Waals surface area contributed by atoms with Crippen molar-refractivity contribution in [3.8, 4) is 0 Å². The molecule has 23 heavy (non-hydrogen) atoms. The summed E-state index contributed by atoms with van der Waals surface area (Å²) in [5.41, 5.74) is 7.48. The number of carbonyl (C=O) groups excluding carboxylic acids is 1. The van der Waals surface area contributed by atoms with Gasteiger partial charge >= 0.3 is 0 Å². The number of hydrogen-bond donors (Lipinski definition) is 1. The summed E-state index contributed by atoms with van der Waals surface area (Å²) in [7, 11) is 0. The fourth-order valence-corrected chi connectivity index (χ4v) is 2.26. The first-order valence-corrected chi connectivity index (χ1v) is 7.79. The summed E-state index contributed by atoms with van der Waals surface area (Å²) in [4.78, 5) is 12.2. The molecule has 2 aromatic rings. The van der Waals surface area contributed by atoms with Gasteiger partial charge in [0.25, 0.3) is 5.91 Å². The van der Waals surface area contributed by atoms with Crippen molar-refractivity contribution in [3.05, 3.63) is 70.8 Å². The SMILES string of the molecule is CC(=NNC(=O)c1ccc(C(C)(C)C)cc1)c1cccc(C)c1. The zero-order valence-electron chi connectivity index (χ0n) is 14.5. The third-order valence-corrected chi connectivity index (χ3v) is 3.77. The van der Waals surface area contributed by atoms with Crippen LogP contribution in [0.3, 0.4) is 0 Å². The molecule has 0 saturated heterocycles. The number of hydrogen-bond acceptors (Lipinski definition) is 2. The zero-order chi connectivity index (χ0) is 17.0. The van der Waals surface area contributed by atoms with Gasteiger partial charge in [0.1, 0.15) is 0 Å². The number of carbonyl (C=O) groups is 1. The average Bonchev–Trinajstić information content (AvgIpc) is 2.51. The molecule has 0 bridgehead atoms. The molecular weight excluding hydrogens is 284 g/mol. The van der Waals surface area contributed by atoms with E-state index in [4.69, 9.17) is 0 Å². The molecule has 0 saturated carbocycles. The van der Waals surface area contributed by atoms with Gasteiger partial charge in [-0.15, -0.1) is 0 Å². The van der Waals surface area contributed by atoms with Crippen molar-refractivity contribution in [2.45, 2.75) is 40.0 Å². The van der Waals surface area contributed by atoms with Crippen LogP contribution in [0, 0.1) is 6.92 Å². The Morgan fingerprint density at radius 1 is 1.00 bits per heavy atom. The van der Waals surface area contributed by atoms with Crippen molar-refractivity contribution >= 4 is 11.6 Å². The van der Waals surface area contributed by atoms with Crippen molar-refractivity contribution in [1.29, 1.82) is 0 Å². The van der Waals surface area contributed by atoms with E-state index in [1.54, 1.807) is 0 Å². The molecule has 0 atom stereocenters. The lowest BCUT2D eigenvalue weighted by Crippen LogP contribution is -2.20. The molecule has 0 spiro atoms. The van der Waals surface area contributed by atoms with Crippen LogP contribution >= 0.6 is 0 Å². The normalized spacial score (nSPS) is 12.1. The quantitative estimate of drug-likeness (QED) is 0.660. The largest absolute Gasteiger partial charge is 0.271 e. The molecular formula is C20H24N2O. The molecule has 3 nitrogen and oxygen atoms in total. The summed E-state index contributed by atoms with van der Waals surface area (Å²) in [5, 5.41) is 4.20. The van der Waals surface area contributed by atoms with E-state index in [9.17, 15) is 4.79 Å². The van der Waals surface area contributed by atoms with Crippen LogP contribution in [0.2, 0.25) is 0 Å². The molecule has 1 amide bonds. The maximum absolute atomic E-state index is 12.2. The first-order valence-electron chi connectivity index (χ1n) is 7.79. The average molecular weight is 308 g/mol. The summed E-state index contributed by atoms with van der Waals surface area (Å²) in [6, 6.07) is 15.7. The highest BCUT2D eigenvalue weighted by Crippen LogP contribution is 2.22. The molecule has 0 heterocycles. The van der Waals surface area contributed by atoms with Crippen LogP contribution in [0.1, 0.15) is 54.7 Å². The minimum Gasteiger partial charge on any atom is -0.267 e. The maximum atomic E-state index is 12.2. The van der Waals surface area contributed by atoms with Gasteiger partial charge in [-0.1, -0.05) is 62.7 Å². The van der Waals surface area contributed by atoms with Gasteiger partial charge in [-0.3, -0.25) is 4.79 Å². The standard InChI is InChI=1S/C20H24N2O/c1-14-7-6-8-17(13-14)15(2)21-22-19(23)16-9-11-18(12-10-16)20(3,4)5/h6-13H,1-5H3,(H,22,23). The van der Waals surface area contributed by atoms with Gasteiger partial charge in [-0.2, -0.15) is 5.10 Å². The summed E-state index contributed by atoms with van der Waals surface area (Å²) in [5.74, 6) is -0.197. The molecule has 0 aliphatic rings. The molecule has 120 valence electrons. The van der Waals surface area contributed by atoms with Crippen molar-refractivity contribution < 1.29 is 4.79 Å². The van der Waals surface area contributed by atoms with Gasteiger partial charge in [0.05, 0.1) is 5.71 Å². The molecule has 0 unspecified atom stereocenters. The van der Waals surface area contributed by atoms with E-state index >= 15 is 0 Å². The van der Waals surface area contributed by atoms with Crippen molar-refractivity contribution in [3.63, 3.8) is 0 Å². The Morgan fingerprint density at radius 2 is 1.65 bits per heavy atom. The van der Waals surface area contributed by atoms with Gasteiger partial charge in [0.15, 0.2) is 0 Å². The highest BCUT2D eigenvalue weighted by atomic mass is 16.2. The van der Waals surface area contributed by atoms with Crippen LogP contribution < -0.4 is 5.43 Å². The number of nitrogens with one attached hydrogen (secondary N) is 1. The third-order valence-electron chi connectivity index (χ3n) is 3.77. The second-order valence-corrected chi connectivity index (χ2v) is 6.83. The Hall–Kier alpha value is -2.42. The fourth-order valence-electron chi connectivity index (χ4n) is 2.26. The lowest BCUT2D eigenvalue weighted by molar-refractivity contribution is 0.0955. The Labute approximate surface area is 138 Å². The smallest absolute Gasteiger partial charge is 0.267 e. The summed E-state index contributed by atoms with van der Waals surface area (Å²) < 4.78 is 0. The molecule has 0 aliphatic carbocycles. The van der Waals surface area contributed by atoms with Crippen LogP contribution in [-0.2, 0) is 5.41 Å². The van der Waals surface area contributed by atoms with E-state index in [-0.39, 0.29) is 11.3 Å². The molecule has 0 aromatic heterocycles. The molecule has 3 heteroatoms. The fraction of sp³-hybridized carbons (Fsp3) is 0.300. The van der Waals surface area contributed by atoms with Crippen LogP contribution in [0.25, 0.3) is 0 Å². The van der Waals surface area contributed by atoms with E-state index < -0.39 is 0 Å².